The quantitative estimate of drug-likeness (QED) is 0.335. The van der Waals surface area contributed by atoms with Crippen molar-refractivity contribution in [3.63, 3.8) is 0 Å². The van der Waals surface area contributed by atoms with Crippen molar-refractivity contribution in [1.82, 2.24) is 19.8 Å². The number of anilines is 2. The monoisotopic (exact) mass is 572 g/mol. The first-order chi connectivity index (χ1) is 19.3. The van der Waals surface area contributed by atoms with Crippen molar-refractivity contribution in [2.45, 2.75) is 39.8 Å². The summed E-state index contributed by atoms with van der Waals surface area (Å²) in [5.41, 5.74) is 7.50. The van der Waals surface area contributed by atoms with Crippen LogP contribution in [0.3, 0.4) is 0 Å². The number of hydrogen-bond acceptors (Lipinski definition) is 8. The molecule has 40 heavy (non-hydrogen) atoms. The summed E-state index contributed by atoms with van der Waals surface area (Å²) in [6, 6.07) is 11.8. The lowest BCUT2D eigenvalue weighted by Gasteiger charge is -2.20. The van der Waals surface area contributed by atoms with Gasteiger partial charge in [0.05, 0.1) is 11.4 Å². The van der Waals surface area contributed by atoms with E-state index in [0.29, 0.717) is 10.0 Å². The fourth-order valence-corrected chi connectivity index (χ4v) is 7.48. The van der Waals surface area contributed by atoms with Crippen LogP contribution >= 0.6 is 22.7 Å². The Bertz CT molecular complexity index is 1500. The van der Waals surface area contributed by atoms with Crippen molar-refractivity contribution in [1.29, 1.82) is 0 Å². The molecule has 0 unspecified atom stereocenters. The second-order valence-corrected chi connectivity index (χ2v) is 12.8. The number of nitrogens with zero attached hydrogens (tertiary/aromatic N) is 4. The van der Waals surface area contributed by atoms with E-state index in [1.807, 2.05) is 50.2 Å². The van der Waals surface area contributed by atoms with E-state index in [0.717, 1.165) is 84.0 Å². The smallest absolute Gasteiger partial charge is 0.284 e. The number of fused-ring (bicyclic) bond motifs is 2. The van der Waals surface area contributed by atoms with Crippen LogP contribution in [0.25, 0.3) is 11.1 Å². The van der Waals surface area contributed by atoms with E-state index in [4.69, 9.17) is 0 Å². The first-order valence-corrected chi connectivity index (χ1v) is 15.1. The highest BCUT2D eigenvalue weighted by atomic mass is 32.1. The van der Waals surface area contributed by atoms with Gasteiger partial charge in [-0.3, -0.25) is 9.59 Å². The topological polar surface area (TPSA) is 90.5 Å². The number of thiazole rings is 2. The van der Waals surface area contributed by atoms with E-state index in [1.54, 1.807) is 0 Å². The van der Waals surface area contributed by atoms with Gasteiger partial charge in [0.15, 0.2) is 10.0 Å². The molecule has 0 bridgehead atoms. The van der Waals surface area contributed by atoms with Gasteiger partial charge in [-0.1, -0.05) is 24.3 Å². The molecule has 2 aliphatic rings. The van der Waals surface area contributed by atoms with Gasteiger partial charge in [-0.25, -0.2) is 9.97 Å². The van der Waals surface area contributed by atoms with Crippen LogP contribution in [0.15, 0.2) is 36.4 Å². The first-order valence-electron chi connectivity index (χ1n) is 13.4. The van der Waals surface area contributed by atoms with Crippen molar-refractivity contribution in [2.75, 3.05) is 37.8 Å². The maximum Gasteiger partial charge on any atom is 0.284 e. The van der Waals surface area contributed by atoms with E-state index in [-0.39, 0.29) is 11.8 Å². The van der Waals surface area contributed by atoms with Crippen molar-refractivity contribution in [2.24, 2.45) is 0 Å². The lowest BCUT2D eigenvalue weighted by atomic mass is 9.94. The van der Waals surface area contributed by atoms with Crippen molar-refractivity contribution < 1.29 is 9.59 Å². The molecule has 0 saturated carbocycles. The van der Waals surface area contributed by atoms with E-state index in [1.165, 1.54) is 32.4 Å². The summed E-state index contributed by atoms with van der Waals surface area (Å²) < 4.78 is 0. The van der Waals surface area contributed by atoms with Gasteiger partial charge in [0.25, 0.3) is 11.8 Å². The molecule has 0 aliphatic carbocycles. The summed E-state index contributed by atoms with van der Waals surface area (Å²) in [5.74, 6) is -0.366. The predicted molar refractivity (Wildman–Crippen MR) is 162 cm³/mol. The number of hydrogen-bond donors (Lipinski definition) is 2. The molecular formula is C30H32N6O2S2. The van der Waals surface area contributed by atoms with Crippen LogP contribution in [-0.2, 0) is 25.9 Å². The minimum Gasteiger partial charge on any atom is -0.320 e. The molecule has 2 aromatic carbocycles. The Morgan fingerprint density at radius 1 is 0.725 bits per heavy atom. The largest absolute Gasteiger partial charge is 0.320 e. The standard InChI is InChI=1S/C30H32N6O2S2/c1-17-19(7-5-9-21(17)31-27(37)29-33-23-11-13-35(3)15-25(23)39-29)20-8-6-10-22(18(20)2)32-28(38)30-34-24-12-14-36(4)16-26(24)40-30/h5-10H,11-16H2,1-4H3,(H,31,37)(H,32,38). The van der Waals surface area contributed by atoms with E-state index in [9.17, 15) is 9.59 Å². The summed E-state index contributed by atoms with van der Waals surface area (Å²) >= 11 is 2.96. The Hall–Kier alpha value is -3.44. The fraction of sp³-hybridized carbons (Fsp3) is 0.333. The summed E-state index contributed by atoms with van der Waals surface area (Å²) in [4.78, 5) is 42.4. The molecule has 2 aromatic heterocycles. The Labute approximate surface area is 242 Å². The maximum absolute atomic E-state index is 13.1. The van der Waals surface area contributed by atoms with Gasteiger partial charge in [0.1, 0.15) is 0 Å². The number of benzene rings is 2. The molecule has 0 radical (unpaired) electrons. The van der Waals surface area contributed by atoms with Crippen molar-refractivity contribution in [3.05, 3.63) is 78.7 Å². The summed E-state index contributed by atoms with van der Waals surface area (Å²) in [6.07, 6.45) is 1.75. The molecule has 206 valence electrons. The molecule has 2 aliphatic heterocycles. The molecule has 4 aromatic rings. The molecule has 0 spiro atoms. The zero-order valence-electron chi connectivity index (χ0n) is 23.1. The zero-order valence-corrected chi connectivity index (χ0v) is 24.8. The number of amides is 2. The highest BCUT2D eigenvalue weighted by Crippen LogP contribution is 2.35. The molecule has 2 N–H and O–H groups in total. The minimum atomic E-state index is -0.183. The van der Waals surface area contributed by atoms with Crippen LogP contribution in [0, 0.1) is 13.8 Å². The molecule has 6 rings (SSSR count). The van der Waals surface area contributed by atoms with Gasteiger partial charge < -0.3 is 20.4 Å². The molecule has 4 heterocycles. The molecule has 0 atom stereocenters. The van der Waals surface area contributed by atoms with Crippen LogP contribution in [0.4, 0.5) is 11.4 Å². The van der Waals surface area contributed by atoms with Gasteiger partial charge >= 0.3 is 0 Å². The lowest BCUT2D eigenvalue weighted by molar-refractivity contribution is 0.101. The molecule has 10 heteroatoms. The van der Waals surface area contributed by atoms with Crippen LogP contribution in [0.2, 0.25) is 0 Å². The van der Waals surface area contributed by atoms with Crippen LogP contribution < -0.4 is 10.6 Å². The number of carbonyl (C=O) groups excluding carboxylic acids is 2. The second-order valence-electron chi connectivity index (χ2n) is 10.6. The average Bonchev–Trinajstić information content (AvgIpc) is 3.55. The van der Waals surface area contributed by atoms with Crippen LogP contribution in [-0.4, -0.2) is 58.8 Å². The Morgan fingerprint density at radius 3 is 1.57 bits per heavy atom. The van der Waals surface area contributed by atoms with Crippen LogP contribution in [0.5, 0.6) is 0 Å². The van der Waals surface area contributed by atoms with E-state index in [2.05, 4.69) is 44.5 Å². The average molecular weight is 573 g/mol. The fourth-order valence-electron chi connectivity index (χ4n) is 5.32. The van der Waals surface area contributed by atoms with Gasteiger partial charge in [0, 0.05) is 60.1 Å². The molecule has 0 fully saturated rings. The zero-order chi connectivity index (χ0) is 28.0. The van der Waals surface area contributed by atoms with E-state index >= 15 is 0 Å². The third-order valence-corrected chi connectivity index (χ3v) is 9.85. The van der Waals surface area contributed by atoms with Crippen molar-refractivity contribution >= 4 is 45.9 Å². The van der Waals surface area contributed by atoms with Crippen molar-refractivity contribution in [3.8, 4) is 11.1 Å². The molecule has 2 amide bonds. The Kier molecular flexibility index (Phi) is 7.26. The van der Waals surface area contributed by atoms with Gasteiger partial charge in [0.2, 0.25) is 0 Å². The Morgan fingerprint density at radius 2 is 1.15 bits per heavy atom. The maximum atomic E-state index is 13.1. The number of nitrogens with one attached hydrogen (secondary N) is 2. The number of carbonyl (C=O) groups is 2. The normalized spacial score (nSPS) is 15.4. The van der Waals surface area contributed by atoms with Gasteiger partial charge in [-0.05, 0) is 62.3 Å². The highest BCUT2D eigenvalue weighted by molar-refractivity contribution is 7.14. The third-order valence-electron chi connectivity index (χ3n) is 7.69. The summed E-state index contributed by atoms with van der Waals surface area (Å²) in [6.45, 7) is 7.61. The number of rotatable bonds is 5. The Balaban J connectivity index is 1.22. The van der Waals surface area contributed by atoms with Crippen LogP contribution in [0.1, 0.15) is 51.9 Å². The highest BCUT2D eigenvalue weighted by Gasteiger charge is 2.24. The number of aromatic nitrogens is 2. The lowest BCUT2D eigenvalue weighted by Crippen LogP contribution is -2.25. The molecular weight excluding hydrogens is 541 g/mol. The number of likely N-dealkylation sites (N-methyl/N-ethyl adjacent to an activating group) is 2. The third kappa shape index (κ3) is 5.19. The molecule has 8 nitrogen and oxygen atoms in total. The summed E-state index contributed by atoms with van der Waals surface area (Å²) in [5, 5.41) is 7.18. The first kappa shape index (κ1) is 26.8. The summed E-state index contributed by atoms with van der Waals surface area (Å²) in [7, 11) is 4.18. The van der Waals surface area contributed by atoms with Gasteiger partial charge in [-0.2, -0.15) is 0 Å². The minimum absolute atomic E-state index is 0.183. The molecule has 0 saturated heterocycles. The van der Waals surface area contributed by atoms with E-state index < -0.39 is 0 Å². The SMILES string of the molecule is Cc1c(NC(=O)c2nc3c(s2)CN(C)CC3)cccc1-c1cccc(NC(=O)c2nc3c(s2)CN(C)CC3)c1C. The predicted octanol–water partition coefficient (Wildman–Crippen LogP) is 5.36. The second kappa shape index (κ2) is 10.9. The van der Waals surface area contributed by atoms with Gasteiger partial charge in [-0.15, -0.1) is 22.7 Å².